The van der Waals surface area contributed by atoms with Gasteiger partial charge in [-0.05, 0) is 33.6 Å². The smallest absolute Gasteiger partial charge is 0.0758 e. The van der Waals surface area contributed by atoms with Crippen LogP contribution in [0.25, 0.3) is 0 Å². The SMILES string of the molecule is CC(C)OCCCN1CCC(C)(O)C1. The summed E-state index contributed by atoms with van der Waals surface area (Å²) in [4.78, 5) is 2.31. The zero-order valence-corrected chi connectivity index (χ0v) is 9.62. The Bertz CT molecular complexity index is 169. The maximum absolute atomic E-state index is 9.74. The Kier molecular flexibility index (Phi) is 4.35. The van der Waals surface area contributed by atoms with Crippen LogP contribution in [0.5, 0.6) is 0 Å². The van der Waals surface area contributed by atoms with E-state index in [0.717, 1.165) is 39.1 Å². The molecule has 1 rings (SSSR count). The predicted molar refractivity (Wildman–Crippen MR) is 57.4 cm³/mol. The zero-order chi connectivity index (χ0) is 10.6. The summed E-state index contributed by atoms with van der Waals surface area (Å²) < 4.78 is 5.46. The van der Waals surface area contributed by atoms with Gasteiger partial charge in [-0.15, -0.1) is 0 Å². The minimum absolute atomic E-state index is 0.330. The molecule has 84 valence electrons. The van der Waals surface area contributed by atoms with Crippen LogP contribution >= 0.6 is 0 Å². The summed E-state index contributed by atoms with van der Waals surface area (Å²) >= 11 is 0. The Labute approximate surface area is 87.1 Å². The van der Waals surface area contributed by atoms with Gasteiger partial charge < -0.3 is 14.7 Å². The van der Waals surface area contributed by atoms with Crippen LogP contribution in [-0.2, 0) is 4.74 Å². The van der Waals surface area contributed by atoms with E-state index < -0.39 is 5.60 Å². The standard InChI is InChI=1S/C11H23NO2/c1-10(2)14-8-4-6-12-7-5-11(3,13)9-12/h10,13H,4-9H2,1-3H3. The summed E-state index contributed by atoms with van der Waals surface area (Å²) in [5.41, 5.74) is -0.459. The Balaban J connectivity index is 2.03. The van der Waals surface area contributed by atoms with Gasteiger partial charge in [-0.3, -0.25) is 0 Å². The molecule has 0 radical (unpaired) electrons. The Hall–Kier alpha value is -0.120. The molecule has 1 aliphatic rings. The number of hydrogen-bond donors (Lipinski definition) is 1. The molecule has 0 aromatic heterocycles. The van der Waals surface area contributed by atoms with Crippen molar-refractivity contribution in [3.63, 3.8) is 0 Å². The van der Waals surface area contributed by atoms with E-state index in [1.54, 1.807) is 0 Å². The maximum atomic E-state index is 9.74. The lowest BCUT2D eigenvalue weighted by molar-refractivity contribution is 0.0582. The molecule has 1 N–H and O–H groups in total. The maximum Gasteiger partial charge on any atom is 0.0758 e. The van der Waals surface area contributed by atoms with Crippen molar-refractivity contribution in [2.45, 2.75) is 45.3 Å². The molecule has 3 nitrogen and oxygen atoms in total. The van der Waals surface area contributed by atoms with E-state index in [2.05, 4.69) is 18.7 Å². The van der Waals surface area contributed by atoms with Crippen molar-refractivity contribution >= 4 is 0 Å². The second-order valence-corrected chi connectivity index (χ2v) is 4.80. The molecule has 0 bridgehead atoms. The summed E-state index contributed by atoms with van der Waals surface area (Å²) in [7, 11) is 0. The molecule has 14 heavy (non-hydrogen) atoms. The van der Waals surface area contributed by atoms with Gasteiger partial charge in [-0.1, -0.05) is 0 Å². The molecule has 0 spiro atoms. The minimum Gasteiger partial charge on any atom is -0.389 e. The van der Waals surface area contributed by atoms with E-state index in [-0.39, 0.29) is 0 Å². The fraction of sp³-hybridized carbons (Fsp3) is 1.00. The molecule has 0 amide bonds. The van der Waals surface area contributed by atoms with E-state index in [9.17, 15) is 5.11 Å². The molecule has 1 fully saturated rings. The lowest BCUT2D eigenvalue weighted by Crippen LogP contribution is -2.30. The predicted octanol–water partition coefficient (Wildman–Crippen LogP) is 1.26. The molecule has 3 heteroatoms. The zero-order valence-electron chi connectivity index (χ0n) is 9.62. The Morgan fingerprint density at radius 2 is 2.21 bits per heavy atom. The number of ether oxygens (including phenoxy) is 1. The van der Waals surface area contributed by atoms with Crippen LogP contribution in [0.1, 0.15) is 33.6 Å². The van der Waals surface area contributed by atoms with Gasteiger partial charge in [0, 0.05) is 26.2 Å². The quantitative estimate of drug-likeness (QED) is 0.680. The molecular weight excluding hydrogens is 178 g/mol. The first-order valence-corrected chi connectivity index (χ1v) is 5.56. The third kappa shape index (κ3) is 4.40. The summed E-state index contributed by atoms with van der Waals surface area (Å²) in [6.07, 6.45) is 2.29. The summed E-state index contributed by atoms with van der Waals surface area (Å²) in [6, 6.07) is 0. The van der Waals surface area contributed by atoms with Crippen LogP contribution in [0.3, 0.4) is 0 Å². The van der Waals surface area contributed by atoms with Crippen molar-refractivity contribution < 1.29 is 9.84 Å². The second kappa shape index (κ2) is 5.10. The molecule has 1 unspecified atom stereocenters. The third-order valence-corrected chi connectivity index (χ3v) is 2.60. The van der Waals surface area contributed by atoms with Gasteiger partial charge in [0.05, 0.1) is 11.7 Å². The van der Waals surface area contributed by atoms with Crippen LogP contribution in [-0.4, -0.2) is 48.0 Å². The van der Waals surface area contributed by atoms with Gasteiger partial charge >= 0.3 is 0 Å². The van der Waals surface area contributed by atoms with Gasteiger partial charge in [-0.2, -0.15) is 0 Å². The van der Waals surface area contributed by atoms with Crippen molar-refractivity contribution in [3.8, 4) is 0 Å². The first-order chi connectivity index (χ1) is 6.49. The highest BCUT2D eigenvalue weighted by Crippen LogP contribution is 2.19. The van der Waals surface area contributed by atoms with Crippen molar-refractivity contribution in [2.75, 3.05) is 26.2 Å². The number of nitrogens with zero attached hydrogens (tertiary/aromatic N) is 1. The van der Waals surface area contributed by atoms with Gasteiger partial charge in [0.1, 0.15) is 0 Å². The van der Waals surface area contributed by atoms with Crippen LogP contribution in [0.15, 0.2) is 0 Å². The van der Waals surface area contributed by atoms with Crippen molar-refractivity contribution in [2.24, 2.45) is 0 Å². The number of aliphatic hydroxyl groups is 1. The lowest BCUT2D eigenvalue weighted by Gasteiger charge is -2.18. The van der Waals surface area contributed by atoms with E-state index in [0.29, 0.717) is 6.10 Å². The van der Waals surface area contributed by atoms with Crippen molar-refractivity contribution in [1.82, 2.24) is 4.90 Å². The molecular formula is C11H23NO2. The van der Waals surface area contributed by atoms with Crippen molar-refractivity contribution in [1.29, 1.82) is 0 Å². The van der Waals surface area contributed by atoms with Gasteiger partial charge in [0.2, 0.25) is 0 Å². The van der Waals surface area contributed by atoms with Crippen molar-refractivity contribution in [3.05, 3.63) is 0 Å². The molecule has 0 aromatic rings. The Morgan fingerprint density at radius 1 is 1.50 bits per heavy atom. The van der Waals surface area contributed by atoms with Crippen LogP contribution in [0.2, 0.25) is 0 Å². The molecule has 0 aromatic carbocycles. The third-order valence-electron chi connectivity index (χ3n) is 2.60. The normalized spacial score (nSPS) is 28.9. The molecule has 1 saturated heterocycles. The molecule has 1 aliphatic heterocycles. The fourth-order valence-electron chi connectivity index (χ4n) is 1.84. The summed E-state index contributed by atoms with van der Waals surface area (Å²) in [5, 5.41) is 9.74. The minimum atomic E-state index is -0.459. The lowest BCUT2D eigenvalue weighted by atomic mass is 10.1. The monoisotopic (exact) mass is 201 g/mol. The summed E-state index contributed by atoms with van der Waals surface area (Å²) in [6.45, 7) is 9.74. The van der Waals surface area contributed by atoms with Crippen LogP contribution in [0.4, 0.5) is 0 Å². The van der Waals surface area contributed by atoms with Crippen LogP contribution < -0.4 is 0 Å². The molecule has 0 aliphatic carbocycles. The Morgan fingerprint density at radius 3 is 2.71 bits per heavy atom. The van der Waals surface area contributed by atoms with Gasteiger partial charge in [0.25, 0.3) is 0 Å². The van der Waals surface area contributed by atoms with Gasteiger partial charge in [-0.25, -0.2) is 0 Å². The highest BCUT2D eigenvalue weighted by Gasteiger charge is 2.30. The number of hydrogen-bond acceptors (Lipinski definition) is 3. The molecule has 0 saturated carbocycles. The highest BCUT2D eigenvalue weighted by atomic mass is 16.5. The first-order valence-electron chi connectivity index (χ1n) is 5.56. The van der Waals surface area contributed by atoms with E-state index in [1.165, 1.54) is 0 Å². The van der Waals surface area contributed by atoms with E-state index in [4.69, 9.17) is 4.74 Å². The second-order valence-electron chi connectivity index (χ2n) is 4.80. The number of β-amino-alcohol motifs (C(OH)–C–C–N with tert-alkyl or cyclic N) is 1. The average Bonchev–Trinajstić information content (AvgIpc) is 2.39. The largest absolute Gasteiger partial charge is 0.389 e. The topological polar surface area (TPSA) is 32.7 Å². The summed E-state index contributed by atoms with van der Waals surface area (Å²) in [5.74, 6) is 0. The van der Waals surface area contributed by atoms with Gasteiger partial charge in [0.15, 0.2) is 0 Å². The highest BCUT2D eigenvalue weighted by molar-refractivity contribution is 4.85. The average molecular weight is 201 g/mol. The molecule has 1 heterocycles. The van der Waals surface area contributed by atoms with E-state index >= 15 is 0 Å². The van der Waals surface area contributed by atoms with Crippen LogP contribution in [0, 0.1) is 0 Å². The number of rotatable bonds is 5. The molecule has 1 atom stereocenters. The first kappa shape index (κ1) is 12.0. The fourth-order valence-corrected chi connectivity index (χ4v) is 1.84. The van der Waals surface area contributed by atoms with E-state index in [1.807, 2.05) is 6.92 Å². The number of likely N-dealkylation sites (tertiary alicyclic amines) is 1.